The number of benzene rings is 1. The Hall–Kier alpha value is -1.44. The molecule has 1 saturated heterocycles. The minimum atomic E-state index is -0.555. The number of nitrogens with one attached hydrogen (secondary N) is 2. The molecule has 0 atom stereocenters. The molecular formula is C16H22BrN3O3. The summed E-state index contributed by atoms with van der Waals surface area (Å²) < 4.78 is 6.24. The van der Waals surface area contributed by atoms with Crippen LogP contribution in [0.25, 0.3) is 0 Å². The Morgan fingerprint density at radius 2 is 1.87 bits per heavy atom. The number of rotatable bonds is 6. The van der Waals surface area contributed by atoms with Gasteiger partial charge in [-0.25, -0.2) is 0 Å². The first-order valence-corrected chi connectivity index (χ1v) is 8.46. The fraction of sp³-hybridized carbons (Fsp3) is 0.500. The van der Waals surface area contributed by atoms with E-state index in [-0.39, 0.29) is 18.2 Å². The van der Waals surface area contributed by atoms with Gasteiger partial charge in [-0.2, -0.15) is 0 Å². The van der Waals surface area contributed by atoms with Gasteiger partial charge in [0, 0.05) is 42.9 Å². The van der Waals surface area contributed by atoms with E-state index in [1.807, 2.05) is 24.3 Å². The van der Waals surface area contributed by atoms with Gasteiger partial charge in [0.15, 0.2) is 0 Å². The van der Waals surface area contributed by atoms with E-state index in [4.69, 9.17) is 10.5 Å². The predicted molar refractivity (Wildman–Crippen MR) is 91.9 cm³/mol. The van der Waals surface area contributed by atoms with Crippen LogP contribution in [-0.2, 0) is 14.3 Å². The van der Waals surface area contributed by atoms with Crippen molar-refractivity contribution in [3.63, 3.8) is 0 Å². The molecule has 4 N–H and O–H groups in total. The van der Waals surface area contributed by atoms with Crippen molar-refractivity contribution in [3.05, 3.63) is 28.7 Å². The summed E-state index contributed by atoms with van der Waals surface area (Å²) in [7, 11) is 0. The Balaban J connectivity index is 1.76. The number of anilines is 1. The average molecular weight is 384 g/mol. The first-order chi connectivity index (χ1) is 11.1. The van der Waals surface area contributed by atoms with E-state index in [0.29, 0.717) is 39.1 Å². The lowest BCUT2D eigenvalue weighted by Gasteiger charge is -2.34. The van der Waals surface area contributed by atoms with Crippen LogP contribution in [0.4, 0.5) is 5.69 Å². The lowest BCUT2D eigenvalue weighted by atomic mass is 9.79. The molecule has 0 radical (unpaired) electrons. The van der Waals surface area contributed by atoms with Crippen molar-refractivity contribution in [1.82, 2.24) is 5.32 Å². The summed E-state index contributed by atoms with van der Waals surface area (Å²) in [4.78, 5) is 24.2. The standard InChI is InChI=1S/C16H22BrN3O3/c17-12-1-3-13(4-2-12)20-14(21)5-8-19-15(22)16(11-18)6-9-23-10-7-16/h1-4H,5-11,18H2,(H,19,22)(H,20,21). The van der Waals surface area contributed by atoms with Gasteiger partial charge in [0.2, 0.25) is 11.8 Å². The van der Waals surface area contributed by atoms with E-state index in [0.717, 1.165) is 10.2 Å². The third kappa shape index (κ3) is 5.02. The number of ether oxygens (including phenoxy) is 1. The van der Waals surface area contributed by atoms with Crippen molar-refractivity contribution < 1.29 is 14.3 Å². The number of hydrogen-bond donors (Lipinski definition) is 3. The Kier molecular flexibility index (Phi) is 6.56. The first kappa shape index (κ1) is 17.9. The van der Waals surface area contributed by atoms with Gasteiger partial charge in [0.05, 0.1) is 5.41 Å². The van der Waals surface area contributed by atoms with E-state index >= 15 is 0 Å². The summed E-state index contributed by atoms with van der Waals surface area (Å²) in [5.74, 6) is -0.221. The van der Waals surface area contributed by atoms with E-state index in [1.165, 1.54) is 0 Å². The molecule has 0 spiro atoms. The van der Waals surface area contributed by atoms with Gasteiger partial charge in [-0.1, -0.05) is 15.9 Å². The topological polar surface area (TPSA) is 93.5 Å². The number of halogens is 1. The minimum Gasteiger partial charge on any atom is -0.381 e. The van der Waals surface area contributed by atoms with Crippen LogP contribution in [0.5, 0.6) is 0 Å². The zero-order valence-electron chi connectivity index (χ0n) is 12.9. The molecule has 1 aromatic rings. The molecule has 1 aromatic carbocycles. The van der Waals surface area contributed by atoms with Gasteiger partial charge >= 0.3 is 0 Å². The van der Waals surface area contributed by atoms with Crippen LogP contribution >= 0.6 is 15.9 Å². The van der Waals surface area contributed by atoms with Gasteiger partial charge in [0.25, 0.3) is 0 Å². The Morgan fingerprint density at radius 3 is 2.48 bits per heavy atom. The second-order valence-electron chi connectivity index (χ2n) is 5.66. The monoisotopic (exact) mass is 383 g/mol. The average Bonchev–Trinajstić information content (AvgIpc) is 2.57. The van der Waals surface area contributed by atoms with Gasteiger partial charge < -0.3 is 21.1 Å². The summed E-state index contributed by atoms with van der Waals surface area (Å²) in [6.45, 7) is 1.69. The molecule has 1 fully saturated rings. The Morgan fingerprint density at radius 1 is 1.22 bits per heavy atom. The molecule has 0 bridgehead atoms. The van der Waals surface area contributed by atoms with Crippen LogP contribution in [-0.4, -0.2) is 38.1 Å². The molecule has 0 aromatic heterocycles. The van der Waals surface area contributed by atoms with Crippen LogP contribution < -0.4 is 16.4 Å². The fourth-order valence-electron chi connectivity index (χ4n) is 2.52. The third-order valence-corrected chi connectivity index (χ3v) is 4.62. The van der Waals surface area contributed by atoms with Crippen molar-refractivity contribution in [2.45, 2.75) is 19.3 Å². The SMILES string of the molecule is NCC1(C(=O)NCCC(=O)Nc2ccc(Br)cc2)CCOCC1. The van der Waals surface area contributed by atoms with Gasteiger partial charge in [0.1, 0.15) is 0 Å². The lowest BCUT2D eigenvalue weighted by Crippen LogP contribution is -2.49. The highest BCUT2D eigenvalue weighted by Crippen LogP contribution is 2.29. The quantitative estimate of drug-likeness (QED) is 0.695. The molecule has 2 amide bonds. The molecule has 126 valence electrons. The predicted octanol–water partition coefficient (Wildman–Crippen LogP) is 1.65. The smallest absolute Gasteiger partial charge is 0.227 e. The highest BCUT2D eigenvalue weighted by Gasteiger charge is 2.38. The number of hydrogen-bond acceptors (Lipinski definition) is 4. The maximum Gasteiger partial charge on any atom is 0.227 e. The Labute approximate surface area is 144 Å². The zero-order chi connectivity index (χ0) is 16.7. The summed E-state index contributed by atoms with van der Waals surface area (Å²) in [5.41, 5.74) is 5.96. The summed E-state index contributed by atoms with van der Waals surface area (Å²) >= 11 is 3.34. The molecule has 23 heavy (non-hydrogen) atoms. The molecule has 0 unspecified atom stereocenters. The van der Waals surface area contributed by atoms with Crippen LogP contribution in [0.3, 0.4) is 0 Å². The summed E-state index contributed by atoms with van der Waals surface area (Å²) in [5, 5.41) is 5.62. The first-order valence-electron chi connectivity index (χ1n) is 7.67. The molecule has 2 rings (SSSR count). The van der Waals surface area contributed by atoms with E-state index in [9.17, 15) is 9.59 Å². The molecule has 0 aliphatic carbocycles. The normalized spacial score (nSPS) is 16.6. The highest BCUT2D eigenvalue weighted by molar-refractivity contribution is 9.10. The molecule has 7 heteroatoms. The maximum absolute atomic E-state index is 12.3. The molecule has 6 nitrogen and oxygen atoms in total. The van der Waals surface area contributed by atoms with Crippen LogP contribution in [0.2, 0.25) is 0 Å². The molecule has 1 aliphatic rings. The minimum absolute atomic E-state index is 0.0836. The van der Waals surface area contributed by atoms with Crippen molar-refractivity contribution in [3.8, 4) is 0 Å². The Bertz CT molecular complexity index is 542. The third-order valence-electron chi connectivity index (χ3n) is 4.09. The summed E-state index contributed by atoms with van der Waals surface area (Å²) in [6.07, 6.45) is 1.47. The second-order valence-corrected chi connectivity index (χ2v) is 6.57. The zero-order valence-corrected chi connectivity index (χ0v) is 14.5. The van der Waals surface area contributed by atoms with Crippen molar-refractivity contribution >= 4 is 33.4 Å². The number of carbonyl (C=O) groups is 2. The highest BCUT2D eigenvalue weighted by atomic mass is 79.9. The molecule has 1 aliphatic heterocycles. The molecule has 1 heterocycles. The van der Waals surface area contributed by atoms with Crippen LogP contribution in [0, 0.1) is 5.41 Å². The van der Waals surface area contributed by atoms with E-state index in [2.05, 4.69) is 26.6 Å². The van der Waals surface area contributed by atoms with E-state index in [1.54, 1.807) is 0 Å². The lowest BCUT2D eigenvalue weighted by molar-refractivity contribution is -0.135. The van der Waals surface area contributed by atoms with Gasteiger partial charge in [-0.15, -0.1) is 0 Å². The molecule has 0 saturated carbocycles. The fourth-order valence-corrected chi connectivity index (χ4v) is 2.78. The number of nitrogens with two attached hydrogens (primary N) is 1. The molecular weight excluding hydrogens is 362 g/mol. The number of carbonyl (C=O) groups excluding carboxylic acids is 2. The van der Waals surface area contributed by atoms with Crippen molar-refractivity contribution in [2.75, 3.05) is 31.6 Å². The second kappa shape index (κ2) is 8.42. The maximum atomic E-state index is 12.3. The van der Waals surface area contributed by atoms with Crippen LogP contribution in [0.1, 0.15) is 19.3 Å². The van der Waals surface area contributed by atoms with Gasteiger partial charge in [-0.05, 0) is 37.1 Å². The van der Waals surface area contributed by atoms with Crippen LogP contribution in [0.15, 0.2) is 28.7 Å². The van der Waals surface area contributed by atoms with Crippen molar-refractivity contribution in [2.24, 2.45) is 11.1 Å². The van der Waals surface area contributed by atoms with Crippen molar-refractivity contribution in [1.29, 1.82) is 0 Å². The largest absolute Gasteiger partial charge is 0.381 e. The number of amides is 2. The van der Waals surface area contributed by atoms with E-state index < -0.39 is 5.41 Å². The van der Waals surface area contributed by atoms with Gasteiger partial charge in [-0.3, -0.25) is 9.59 Å². The summed E-state index contributed by atoms with van der Waals surface area (Å²) in [6, 6.07) is 7.33.